The van der Waals surface area contributed by atoms with Crippen LogP contribution in [0.3, 0.4) is 0 Å². The van der Waals surface area contributed by atoms with Crippen LogP contribution < -0.4 is 5.32 Å². The molecule has 1 atom stereocenters. The lowest BCUT2D eigenvalue weighted by Gasteiger charge is -2.12. The zero-order valence-corrected chi connectivity index (χ0v) is 16.0. The summed E-state index contributed by atoms with van der Waals surface area (Å²) in [6.45, 7) is 1.99. The Kier molecular flexibility index (Phi) is 4.74. The van der Waals surface area contributed by atoms with Crippen molar-refractivity contribution in [2.24, 2.45) is 10.9 Å². The minimum atomic E-state index is -0.499. The highest BCUT2D eigenvalue weighted by molar-refractivity contribution is 7.17. The van der Waals surface area contributed by atoms with Gasteiger partial charge in [0.05, 0.1) is 28.8 Å². The van der Waals surface area contributed by atoms with Gasteiger partial charge in [-0.3, -0.25) is 14.6 Å². The molecule has 4 rings (SSSR count). The molecule has 1 N–H and O–H groups in total. The highest BCUT2D eigenvalue weighted by atomic mass is 35.5. The van der Waals surface area contributed by atoms with Gasteiger partial charge in [0.25, 0.3) is 0 Å². The van der Waals surface area contributed by atoms with E-state index in [-0.39, 0.29) is 34.9 Å². The second kappa shape index (κ2) is 7.05. The Morgan fingerprint density at radius 3 is 2.96 bits per heavy atom. The average molecular weight is 407 g/mol. The van der Waals surface area contributed by atoms with Gasteiger partial charge in [-0.05, 0) is 37.5 Å². The van der Waals surface area contributed by atoms with E-state index in [2.05, 4.69) is 10.3 Å². The van der Waals surface area contributed by atoms with Crippen molar-refractivity contribution in [2.45, 2.75) is 19.8 Å². The van der Waals surface area contributed by atoms with Crippen LogP contribution in [0.15, 0.2) is 23.2 Å². The lowest BCUT2D eigenvalue weighted by molar-refractivity contribution is -0.147. The van der Waals surface area contributed by atoms with E-state index >= 15 is 0 Å². The van der Waals surface area contributed by atoms with E-state index in [4.69, 9.17) is 16.3 Å². The molecule has 0 bridgehead atoms. The number of nitrogens with zero attached hydrogens (tertiary/aromatic N) is 1. The summed E-state index contributed by atoms with van der Waals surface area (Å²) in [5.74, 6) is -1.27. The van der Waals surface area contributed by atoms with E-state index in [0.717, 1.165) is 10.4 Å². The molecule has 140 valence electrons. The molecule has 2 aliphatic rings. The van der Waals surface area contributed by atoms with Gasteiger partial charge in [-0.15, -0.1) is 11.3 Å². The summed E-state index contributed by atoms with van der Waals surface area (Å²) in [5.41, 5.74) is 2.11. The second-order valence-electron chi connectivity index (χ2n) is 6.37. The first-order valence-electron chi connectivity index (χ1n) is 8.59. The van der Waals surface area contributed by atoms with Crippen LogP contribution in [0.2, 0.25) is 5.02 Å². The highest BCUT2D eigenvalue weighted by Crippen LogP contribution is 2.44. The Morgan fingerprint density at radius 1 is 1.41 bits per heavy atom. The van der Waals surface area contributed by atoms with Gasteiger partial charge < -0.3 is 10.1 Å². The van der Waals surface area contributed by atoms with Gasteiger partial charge >= 0.3 is 5.97 Å². The van der Waals surface area contributed by atoms with Gasteiger partial charge in [0.1, 0.15) is 17.4 Å². The molecule has 0 fully saturated rings. The smallest absolute Gasteiger partial charge is 0.309 e. The maximum absolute atomic E-state index is 14.6. The van der Waals surface area contributed by atoms with Gasteiger partial charge in [0.15, 0.2) is 0 Å². The number of hydrogen-bond donors (Lipinski definition) is 1. The number of aliphatic imine (C=N–C) groups is 1. The van der Waals surface area contributed by atoms with Crippen molar-refractivity contribution in [2.75, 3.05) is 18.5 Å². The fraction of sp³-hybridized carbons (Fsp3) is 0.316. The molecule has 27 heavy (non-hydrogen) atoms. The average Bonchev–Trinajstić information content (AvgIpc) is 3.11. The summed E-state index contributed by atoms with van der Waals surface area (Å²) in [6, 6.07) is 4.44. The number of esters is 1. The molecule has 1 amide bonds. The summed E-state index contributed by atoms with van der Waals surface area (Å²) in [4.78, 5) is 29.6. The third kappa shape index (κ3) is 3.15. The number of fused-ring (bicyclic) bond motifs is 3. The number of carbonyl (C=O) groups is 2. The maximum Gasteiger partial charge on any atom is 0.309 e. The summed E-state index contributed by atoms with van der Waals surface area (Å²) in [6.07, 6.45) is 1.01. The Hall–Kier alpha value is -2.25. The third-order valence-electron chi connectivity index (χ3n) is 4.66. The maximum atomic E-state index is 14.6. The molecule has 2 aromatic rings. The highest BCUT2D eigenvalue weighted by Gasteiger charge is 2.37. The molecule has 1 unspecified atom stereocenters. The van der Waals surface area contributed by atoms with Crippen molar-refractivity contribution < 1.29 is 18.7 Å². The Labute approximate surface area is 164 Å². The van der Waals surface area contributed by atoms with Crippen LogP contribution in [0.1, 0.15) is 28.5 Å². The van der Waals surface area contributed by atoms with Gasteiger partial charge in [-0.25, -0.2) is 4.39 Å². The Bertz CT molecular complexity index is 965. The largest absolute Gasteiger partial charge is 0.466 e. The van der Waals surface area contributed by atoms with E-state index in [1.54, 1.807) is 13.0 Å². The first-order valence-corrected chi connectivity index (χ1v) is 9.79. The monoisotopic (exact) mass is 406 g/mol. The normalized spacial score (nSPS) is 18.3. The quantitative estimate of drug-likeness (QED) is 0.792. The van der Waals surface area contributed by atoms with Crippen molar-refractivity contribution in [3.8, 4) is 0 Å². The minimum absolute atomic E-state index is 0.114. The molecule has 1 aromatic carbocycles. The number of anilines is 1. The number of amides is 1. The molecule has 1 aliphatic heterocycles. The van der Waals surface area contributed by atoms with E-state index in [1.165, 1.54) is 23.5 Å². The summed E-state index contributed by atoms with van der Waals surface area (Å²) in [7, 11) is 0. The predicted molar refractivity (Wildman–Crippen MR) is 102 cm³/mol. The van der Waals surface area contributed by atoms with Gasteiger partial charge in [0, 0.05) is 10.4 Å². The molecular weight excluding hydrogens is 391 g/mol. The molecule has 5 nitrogen and oxygen atoms in total. The molecule has 0 saturated carbocycles. The number of carbonyl (C=O) groups excluding carboxylic acids is 2. The molecule has 0 saturated heterocycles. The predicted octanol–water partition coefficient (Wildman–Crippen LogP) is 3.61. The standard InChI is InChI=1S/C19H16ClFN2O3S/c1-2-26-19(25)9-6-10-13(7-9)27-18-15(10)17(22-8-14(24)23-18)16-11(20)4-3-5-12(16)21/h3-5,9H,2,6-8H2,1H3,(H,23,24). The van der Waals surface area contributed by atoms with Crippen molar-refractivity contribution in [3.63, 3.8) is 0 Å². The molecule has 8 heteroatoms. The van der Waals surface area contributed by atoms with Gasteiger partial charge in [-0.1, -0.05) is 17.7 Å². The molecule has 0 spiro atoms. The van der Waals surface area contributed by atoms with Crippen molar-refractivity contribution in [1.29, 1.82) is 0 Å². The SMILES string of the molecule is CCOC(=O)C1Cc2sc3c(c2C1)C(c1c(F)cccc1Cl)=NCC(=O)N3. The first-order chi connectivity index (χ1) is 13.0. The van der Waals surface area contributed by atoms with E-state index < -0.39 is 5.82 Å². The fourth-order valence-electron chi connectivity index (χ4n) is 3.52. The number of thiophene rings is 1. The Morgan fingerprint density at radius 2 is 2.22 bits per heavy atom. The van der Waals surface area contributed by atoms with Gasteiger partial charge in [-0.2, -0.15) is 0 Å². The van der Waals surface area contributed by atoms with Crippen LogP contribution in [-0.4, -0.2) is 30.7 Å². The number of hydrogen-bond acceptors (Lipinski definition) is 5. The summed E-state index contributed by atoms with van der Waals surface area (Å²) in [5, 5.41) is 3.70. The molecule has 1 aliphatic carbocycles. The Balaban J connectivity index is 1.83. The lowest BCUT2D eigenvalue weighted by Crippen LogP contribution is -2.18. The number of benzene rings is 1. The van der Waals surface area contributed by atoms with E-state index in [0.29, 0.717) is 35.7 Å². The number of rotatable bonds is 3. The summed E-state index contributed by atoms with van der Waals surface area (Å²) < 4.78 is 19.7. The van der Waals surface area contributed by atoms with Crippen LogP contribution in [-0.2, 0) is 27.2 Å². The van der Waals surface area contributed by atoms with Crippen LogP contribution in [0.5, 0.6) is 0 Å². The summed E-state index contributed by atoms with van der Waals surface area (Å²) >= 11 is 7.67. The lowest BCUT2D eigenvalue weighted by atomic mass is 9.97. The van der Waals surface area contributed by atoms with E-state index in [1.807, 2.05) is 0 Å². The fourth-order valence-corrected chi connectivity index (χ4v) is 5.10. The zero-order chi connectivity index (χ0) is 19.1. The van der Waals surface area contributed by atoms with Crippen molar-refractivity contribution in [3.05, 3.63) is 50.6 Å². The van der Waals surface area contributed by atoms with Gasteiger partial charge in [0.2, 0.25) is 5.91 Å². The van der Waals surface area contributed by atoms with Crippen LogP contribution >= 0.6 is 22.9 Å². The van der Waals surface area contributed by atoms with Crippen molar-refractivity contribution >= 4 is 45.5 Å². The van der Waals surface area contributed by atoms with Crippen molar-refractivity contribution in [1.82, 2.24) is 0 Å². The topological polar surface area (TPSA) is 67.8 Å². The van der Waals surface area contributed by atoms with E-state index in [9.17, 15) is 14.0 Å². The minimum Gasteiger partial charge on any atom is -0.466 e. The van der Waals surface area contributed by atoms with Crippen LogP contribution in [0.25, 0.3) is 0 Å². The number of nitrogens with one attached hydrogen (secondary N) is 1. The number of halogens is 2. The van der Waals surface area contributed by atoms with Crippen LogP contribution in [0, 0.1) is 11.7 Å². The molecule has 0 radical (unpaired) electrons. The zero-order valence-electron chi connectivity index (χ0n) is 14.5. The molecule has 2 heterocycles. The third-order valence-corrected chi connectivity index (χ3v) is 6.15. The second-order valence-corrected chi connectivity index (χ2v) is 7.89. The molecule has 1 aromatic heterocycles. The molecular formula is C19H16ClFN2O3S. The van der Waals surface area contributed by atoms with Crippen LogP contribution in [0.4, 0.5) is 9.39 Å². The first kappa shape index (κ1) is 18.1. The number of ether oxygens (including phenoxy) is 1.